The Bertz CT molecular complexity index is 2130. The van der Waals surface area contributed by atoms with Crippen molar-refractivity contribution >= 4 is 64.0 Å². The predicted molar refractivity (Wildman–Crippen MR) is 265 cm³/mol. The fraction of sp³-hybridized carbons (Fsp3) is 0.620. The summed E-state index contributed by atoms with van der Waals surface area (Å²) in [6.07, 6.45) is -0.305. The van der Waals surface area contributed by atoms with E-state index in [1.807, 2.05) is 38.1 Å². The molecule has 396 valence electrons. The van der Waals surface area contributed by atoms with Crippen molar-refractivity contribution in [3.05, 3.63) is 36.4 Å². The third kappa shape index (κ3) is 21.2. The van der Waals surface area contributed by atoms with E-state index in [1.165, 1.54) is 14.0 Å². The highest BCUT2D eigenvalue weighted by Crippen LogP contribution is 2.26. The van der Waals surface area contributed by atoms with E-state index in [4.69, 9.17) is 25.7 Å². The highest BCUT2D eigenvalue weighted by molar-refractivity contribution is 5.95. The average molecular weight is 999 g/mol. The van der Waals surface area contributed by atoms with Gasteiger partial charge in [-0.2, -0.15) is 0 Å². The number of aliphatic hydroxyl groups is 1. The SMILES string of the molecule is CC[C@H](C)[C@H](NC(=O)[C@H](CCC(N)=O)NC(=O)CCCOc1ccc2ccc(OCCCC(=O)N[C@H](C(=O)N[C@@H](CC(C)C)C(=O)N[C@H](C(=O)OC)C(C)C)C(C)C)cc2c1)C(=O)N[C@H](C(N)=O)C(C)O. The Morgan fingerprint density at radius 1 is 0.577 bits per heavy atom. The van der Waals surface area contributed by atoms with Crippen LogP contribution in [0.1, 0.15) is 114 Å². The van der Waals surface area contributed by atoms with Gasteiger partial charge in [0.1, 0.15) is 47.8 Å². The van der Waals surface area contributed by atoms with Crippen molar-refractivity contribution in [3.8, 4) is 11.5 Å². The second-order valence-corrected chi connectivity index (χ2v) is 18.9. The maximum absolute atomic E-state index is 13.5. The van der Waals surface area contributed by atoms with Gasteiger partial charge in [-0.05, 0) is 91.3 Å². The van der Waals surface area contributed by atoms with Crippen LogP contribution in [0.5, 0.6) is 11.5 Å². The molecule has 0 spiro atoms. The van der Waals surface area contributed by atoms with Crippen LogP contribution in [0.15, 0.2) is 36.4 Å². The smallest absolute Gasteiger partial charge is 0.328 e. The van der Waals surface area contributed by atoms with Crippen molar-refractivity contribution in [3.63, 3.8) is 0 Å². The number of fused-ring (bicyclic) bond motifs is 1. The quantitative estimate of drug-likeness (QED) is 0.0373. The van der Waals surface area contributed by atoms with Gasteiger partial charge in [0, 0.05) is 19.3 Å². The molecule has 0 bridgehead atoms. The van der Waals surface area contributed by atoms with Crippen molar-refractivity contribution in [1.82, 2.24) is 31.9 Å². The van der Waals surface area contributed by atoms with Gasteiger partial charge in [0.15, 0.2) is 0 Å². The highest BCUT2D eigenvalue weighted by atomic mass is 16.5. The Morgan fingerprint density at radius 2 is 1.07 bits per heavy atom. The lowest BCUT2D eigenvalue weighted by atomic mass is 9.96. The van der Waals surface area contributed by atoms with E-state index in [0.29, 0.717) is 30.8 Å². The molecule has 2 aromatic rings. The minimum Gasteiger partial charge on any atom is -0.494 e. The van der Waals surface area contributed by atoms with Crippen LogP contribution in [0.2, 0.25) is 0 Å². The van der Waals surface area contributed by atoms with E-state index in [2.05, 4.69) is 31.9 Å². The van der Waals surface area contributed by atoms with Crippen LogP contribution < -0.4 is 52.8 Å². The molecular weight excluding hydrogens is 921 g/mol. The normalized spacial score (nSPS) is 14.7. The molecule has 71 heavy (non-hydrogen) atoms. The summed E-state index contributed by atoms with van der Waals surface area (Å²) in [5.41, 5.74) is 10.7. The van der Waals surface area contributed by atoms with E-state index in [1.54, 1.807) is 53.7 Å². The minimum absolute atomic E-state index is 0.0319. The number of esters is 1. The van der Waals surface area contributed by atoms with Gasteiger partial charge in [-0.15, -0.1) is 0 Å². The number of primary amides is 2. The number of aliphatic hydroxyl groups excluding tert-OH is 1. The molecule has 1 unspecified atom stereocenters. The molecule has 11 N–H and O–H groups in total. The molecule has 0 heterocycles. The number of benzene rings is 2. The molecule has 2 rings (SSSR count). The second-order valence-electron chi connectivity index (χ2n) is 18.9. The fourth-order valence-corrected chi connectivity index (χ4v) is 7.30. The summed E-state index contributed by atoms with van der Waals surface area (Å²) in [5.74, 6) is -5.57. The number of hydrogen-bond acceptors (Lipinski definition) is 13. The topological polar surface area (TPSA) is 326 Å². The van der Waals surface area contributed by atoms with E-state index >= 15 is 0 Å². The minimum atomic E-state index is -1.40. The molecule has 21 heteroatoms. The molecule has 0 fully saturated rings. The zero-order valence-electron chi connectivity index (χ0n) is 42.9. The number of nitrogens with two attached hydrogens (primary N) is 2. The molecule has 0 aliphatic rings. The first kappa shape index (κ1) is 60.6. The number of carbonyl (C=O) groups is 9. The monoisotopic (exact) mass is 999 g/mol. The van der Waals surface area contributed by atoms with Crippen LogP contribution in [0, 0.1) is 23.7 Å². The molecule has 21 nitrogen and oxygen atoms in total. The highest BCUT2D eigenvalue weighted by Gasteiger charge is 2.35. The summed E-state index contributed by atoms with van der Waals surface area (Å²) in [6.45, 7) is 16.0. The van der Waals surface area contributed by atoms with E-state index in [-0.39, 0.29) is 69.0 Å². The van der Waals surface area contributed by atoms with E-state index in [0.717, 1.165) is 10.8 Å². The maximum Gasteiger partial charge on any atom is 0.328 e. The van der Waals surface area contributed by atoms with Gasteiger partial charge in [0.05, 0.1) is 26.4 Å². The van der Waals surface area contributed by atoms with E-state index in [9.17, 15) is 48.3 Å². The fourth-order valence-electron chi connectivity index (χ4n) is 7.30. The van der Waals surface area contributed by atoms with Gasteiger partial charge in [0.2, 0.25) is 47.3 Å². The summed E-state index contributed by atoms with van der Waals surface area (Å²) >= 11 is 0. The Balaban J connectivity index is 1.97. The number of hydrogen-bond donors (Lipinski definition) is 9. The zero-order chi connectivity index (χ0) is 53.5. The summed E-state index contributed by atoms with van der Waals surface area (Å²) in [6, 6.07) is 4.39. The third-order valence-corrected chi connectivity index (χ3v) is 11.7. The number of amides is 8. The number of carbonyl (C=O) groups excluding carboxylic acids is 9. The van der Waals surface area contributed by atoms with Crippen molar-refractivity contribution in [2.45, 2.75) is 156 Å². The Morgan fingerprint density at radius 3 is 1.54 bits per heavy atom. The summed E-state index contributed by atoms with van der Waals surface area (Å²) in [7, 11) is 1.24. The maximum atomic E-state index is 13.5. The molecule has 2 aromatic carbocycles. The molecule has 0 aliphatic heterocycles. The largest absolute Gasteiger partial charge is 0.494 e. The summed E-state index contributed by atoms with van der Waals surface area (Å²) < 4.78 is 16.7. The zero-order valence-corrected chi connectivity index (χ0v) is 42.9. The standard InChI is InChI=1S/C50H78N8O13/c1-11-30(8)43(49(67)58-44(31(9)59)45(52)63)57-46(64)36(20-21-38(51)60)53-39(61)14-12-22-70-34-18-16-32-17-19-35(26-33(32)25-34)71-23-13-15-40(62)55-41(28(4)5)48(66)54-37(24-27(2)3)47(65)56-42(29(6)7)50(68)69-10/h16-19,25-31,36-37,41-44,59H,11-15,20-24H2,1-10H3,(H2,51,60)(H2,52,63)(H,53,61)(H,54,66)(H,55,62)(H,56,65)(H,57,64)(H,58,67)/t30-,31?,36-,37-,41-,42-,43-,44-/m0/s1. The second kappa shape index (κ2) is 30.3. The molecule has 0 aromatic heterocycles. The van der Waals surface area contributed by atoms with Gasteiger partial charge in [-0.25, -0.2) is 4.79 Å². The van der Waals surface area contributed by atoms with Crippen molar-refractivity contribution < 1.29 is 62.5 Å². The number of ether oxygens (including phenoxy) is 3. The molecular formula is C50H78N8O13. The Labute approximate surface area is 416 Å². The molecule has 8 amide bonds. The lowest BCUT2D eigenvalue weighted by molar-refractivity contribution is -0.146. The first-order valence-electron chi connectivity index (χ1n) is 24.3. The van der Waals surface area contributed by atoms with Crippen molar-refractivity contribution in [2.24, 2.45) is 35.1 Å². The number of nitrogens with one attached hydrogen (secondary N) is 6. The number of methoxy groups -OCH3 is 1. The van der Waals surface area contributed by atoms with Crippen LogP contribution in [-0.4, -0.2) is 121 Å². The van der Waals surface area contributed by atoms with Crippen LogP contribution in [0.4, 0.5) is 0 Å². The van der Waals surface area contributed by atoms with Gasteiger partial charge >= 0.3 is 5.97 Å². The van der Waals surface area contributed by atoms with Crippen LogP contribution in [0.25, 0.3) is 10.8 Å². The van der Waals surface area contributed by atoms with Crippen LogP contribution in [0.3, 0.4) is 0 Å². The Hall–Kier alpha value is -6.51. The first-order valence-corrected chi connectivity index (χ1v) is 24.3. The molecule has 0 aliphatic carbocycles. The molecule has 0 radical (unpaired) electrons. The van der Waals surface area contributed by atoms with Gasteiger partial charge in [-0.1, -0.05) is 73.9 Å². The van der Waals surface area contributed by atoms with Crippen LogP contribution in [-0.2, 0) is 47.9 Å². The van der Waals surface area contributed by atoms with Crippen LogP contribution >= 0.6 is 0 Å². The Kier molecular flexibility index (Phi) is 25.8. The van der Waals surface area contributed by atoms with Gasteiger partial charge in [-0.3, -0.25) is 38.4 Å². The summed E-state index contributed by atoms with van der Waals surface area (Å²) in [4.78, 5) is 115. The molecule has 0 saturated heterocycles. The average Bonchev–Trinajstić information content (AvgIpc) is 3.30. The van der Waals surface area contributed by atoms with Crippen molar-refractivity contribution in [2.75, 3.05) is 20.3 Å². The lowest BCUT2D eigenvalue weighted by Crippen LogP contribution is -2.60. The molecule has 8 atom stereocenters. The number of rotatable bonds is 32. The lowest BCUT2D eigenvalue weighted by Gasteiger charge is -2.28. The first-order chi connectivity index (χ1) is 33.4. The van der Waals surface area contributed by atoms with Gasteiger partial charge in [0.25, 0.3) is 0 Å². The molecule has 0 saturated carbocycles. The summed E-state index contributed by atoms with van der Waals surface area (Å²) in [5, 5.41) is 27.5. The third-order valence-electron chi connectivity index (χ3n) is 11.7. The van der Waals surface area contributed by atoms with E-state index < -0.39 is 95.6 Å². The predicted octanol–water partition coefficient (Wildman–Crippen LogP) is 1.78. The van der Waals surface area contributed by atoms with Crippen molar-refractivity contribution in [1.29, 1.82) is 0 Å². The van der Waals surface area contributed by atoms with Gasteiger partial charge < -0.3 is 62.7 Å².